The fourth-order valence-electron chi connectivity index (χ4n) is 0.995. The molecule has 2 nitrogen and oxygen atoms in total. The van der Waals surface area contributed by atoms with Gasteiger partial charge in [0.05, 0.1) is 10.6 Å². The highest BCUT2D eigenvalue weighted by Crippen LogP contribution is 2.31. The van der Waals surface area contributed by atoms with Crippen LogP contribution in [0.1, 0.15) is 10.4 Å². The first-order chi connectivity index (χ1) is 7.06. The van der Waals surface area contributed by atoms with Crippen LogP contribution in [0.25, 0.3) is 0 Å². The second-order valence-corrected chi connectivity index (χ2v) is 3.55. The molecule has 5 heteroatoms. The molecule has 0 aliphatic heterocycles. The molecule has 0 bridgehead atoms. The normalized spacial score (nSPS) is 10.9. The summed E-state index contributed by atoms with van der Waals surface area (Å²) in [4.78, 5) is 11.4. The molecule has 80 valence electrons. The molecule has 15 heavy (non-hydrogen) atoms. The first kappa shape index (κ1) is 12.0. The number of ketones is 1. The van der Waals surface area contributed by atoms with Crippen molar-refractivity contribution in [3.63, 3.8) is 0 Å². The van der Waals surface area contributed by atoms with E-state index in [9.17, 15) is 14.3 Å². The molecule has 0 aromatic heterocycles. The van der Waals surface area contributed by atoms with Gasteiger partial charge in [-0.05, 0) is 24.3 Å². The summed E-state index contributed by atoms with van der Waals surface area (Å²) in [5, 5.41) is 9.67. The number of hydrogen-bond acceptors (Lipinski definition) is 2. The average Bonchev–Trinajstić information content (AvgIpc) is 2.19. The van der Waals surface area contributed by atoms with Gasteiger partial charge in [-0.1, -0.05) is 23.2 Å². The third-order valence-electron chi connectivity index (χ3n) is 1.65. The maximum Gasteiger partial charge on any atom is 0.189 e. The van der Waals surface area contributed by atoms with E-state index in [1.165, 1.54) is 12.1 Å². The number of carbonyl (C=O) groups is 1. The SMILES string of the molecule is O=C(/C=C/CF)c1cc(Cl)cc(Cl)c1O. The zero-order chi connectivity index (χ0) is 11.4. The van der Waals surface area contributed by atoms with Crippen molar-refractivity contribution in [2.24, 2.45) is 0 Å². The standard InChI is InChI=1S/C10H7Cl2FO2/c11-6-4-7(9(14)2-1-3-13)10(15)8(12)5-6/h1-2,4-5,15H,3H2/b2-1+. The Morgan fingerprint density at radius 3 is 2.73 bits per heavy atom. The van der Waals surface area contributed by atoms with Crippen LogP contribution in [0.15, 0.2) is 24.3 Å². The van der Waals surface area contributed by atoms with Crippen LogP contribution in [-0.4, -0.2) is 17.6 Å². The number of phenolic OH excluding ortho intramolecular Hbond substituents is 1. The molecule has 1 N–H and O–H groups in total. The molecule has 0 aliphatic carbocycles. The number of aromatic hydroxyl groups is 1. The monoisotopic (exact) mass is 248 g/mol. The number of hydrogen-bond donors (Lipinski definition) is 1. The summed E-state index contributed by atoms with van der Waals surface area (Å²) in [6, 6.07) is 2.59. The minimum absolute atomic E-state index is 0.0144. The molecule has 0 amide bonds. The highest BCUT2D eigenvalue weighted by Gasteiger charge is 2.12. The minimum Gasteiger partial charge on any atom is -0.506 e. The van der Waals surface area contributed by atoms with E-state index >= 15 is 0 Å². The summed E-state index contributed by atoms with van der Waals surface area (Å²) in [6.07, 6.45) is 2.05. The van der Waals surface area contributed by atoms with Crippen molar-refractivity contribution < 1.29 is 14.3 Å². The molecule has 0 unspecified atom stereocenters. The number of carbonyl (C=O) groups excluding carboxylic acids is 1. The third kappa shape index (κ3) is 2.94. The summed E-state index contributed by atoms with van der Waals surface area (Å²) < 4.78 is 11.8. The zero-order valence-electron chi connectivity index (χ0n) is 7.51. The number of benzene rings is 1. The molecular weight excluding hydrogens is 242 g/mol. The van der Waals surface area contributed by atoms with Crippen LogP contribution >= 0.6 is 23.2 Å². The quantitative estimate of drug-likeness (QED) is 0.658. The Hall–Kier alpha value is -1.06. The number of rotatable bonds is 3. The summed E-state index contributed by atoms with van der Waals surface area (Å²) in [7, 11) is 0. The first-order valence-electron chi connectivity index (χ1n) is 4.01. The molecule has 0 spiro atoms. The number of halogens is 3. The van der Waals surface area contributed by atoms with Crippen molar-refractivity contribution in [2.75, 3.05) is 6.67 Å². The highest BCUT2D eigenvalue weighted by atomic mass is 35.5. The second kappa shape index (κ2) is 5.14. The molecule has 0 heterocycles. The van der Waals surface area contributed by atoms with E-state index in [4.69, 9.17) is 23.2 Å². The molecule has 1 rings (SSSR count). The van der Waals surface area contributed by atoms with Crippen molar-refractivity contribution in [3.8, 4) is 5.75 Å². The second-order valence-electron chi connectivity index (χ2n) is 2.70. The van der Waals surface area contributed by atoms with Gasteiger partial charge in [-0.25, -0.2) is 4.39 Å². The summed E-state index contributed by atoms with van der Waals surface area (Å²) in [6.45, 7) is -0.749. The molecular formula is C10H7Cl2FO2. The van der Waals surface area contributed by atoms with Gasteiger partial charge < -0.3 is 5.11 Å². The lowest BCUT2D eigenvalue weighted by molar-refractivity contribution is 0.104. The lowest BCUT2D eigenvalue weighted by atomic mass is 10.1. The van der Waals surface area contributed by atoms with E-state index < -0.39 is 12.5 Å². The third-order valence-corrected chi connectivity index (χ3v) is 2.16. The molecule has 1 aromatic carbocycles. The first-order valence-corrected chi connectivity index (χ1v) is 4.76. The summed E-state index contributed by atoms with van der Waals surface area (Å²) in [5.41, 5.74) is -0.0443. The van der Waals surface area contributed by atoms with Crippen LogP contribution in [0.5, 0.6) is 5.75 Å². The lowest BCUT2D eigenvalue weighted by Gasteiger charge is -2.03. The fraction of sp³-hybridized carbons (Fsp3) is 0.100. The van der Waals surface area contributed by atoms with Crippen molar-refractivity contribution >= 4 is 29.0 Å². The Kier molecular flexibility index (Phi) is 4.12. The molecule has 0 saturated heterocycles. The van der Waals surface area contributed by atoms with E-state index in [1.807, 2.05) is 0 Å². The van der Waals surface area contributed by atoms with Crippen molar-refractivity contribution in [1.29, 1.82) is 0 Å². The van der Waals surface area contributed by atoms with E-state index in [-0.39, 0.29) is 21.4 Å². The van der Waals surface area contributed by atoms with Gasteiger partial charge in [0.15, 0.2) is 5.78 Å². The average molecular weight is 249 g/mol. The predicted molar refractivity (Wildman–Crippen MR) is 57.6 cm³/mol. The largest absolute Gasteiger partial charge is 0.506 e. The van der Waals surface area contributed by atoms with Crippen molar-refractivity contribution in [2.45, 2.75) is 0 Å². The van der Waals surface area contributed by atoms with E-state index in [2.05, 4.69) is 0 Å². The fourth-order valence-corrected chi connectivity index (χ4v) is 1.49. The minimum atomic E-state index is -0.749. The Morgan fingerprint density at radius 1 is 1.47 bits per heavy atom. The van der Waals surface area contributed by atoms with Gasteiger partial charge in [-0.2, -0.15) is 0 Å². The smallest absolute Gasteiger partial charge is 0.189 e. The number of phenols is 1. The van der Waals surface area contributed by atoms with E-state index in [0.29, 0.717) is 0 Å². The van der Waals surface area contributed by atoms with Gasteiger partial charge in [0.2, 0.25) is 0 Å². The maximum absolute atomic E-state index is 11.8. The summed E-state index contributed by atoms with van der Waals surface area (Å²) in [5.74, 6) is -0.899. The Labute approximate surface area is 95.9 Å². The van der Waals surface area contributed by atoms with Gasteiger partial charge in [-0.15, -0.1) is 0 Å². The molecule has 0 radical (unpaired) electrons. The van der Waals surface area contributed by atoms with Crippen molar-refractivity contribution in [3.05, 3.63) is 39.9 Å². The Balaban J connectivity index is 3.14. The molecule has 0 fully saturated rings. The van der Waals surface area contributed by atoms with Gasteiger partial charge in [0.1, 0.15) is 12.4 Å². The molecule has 1 aromatic rings. The van der Waals surface area contributed by atoms with Crippen LogP contribution < -0.4 is 0 Å². The summed E-state index contributed by atoms with van der Waals surface area (Å²) >= 11 is 11.3. The maximum atomic E-state index is 11.8. The van der Waals surface area contributed by atoms with Crippen LogP contribution in [0, 0.1) is 0 Å². The van der Waals surface area contributed by atoms with Gasteiger partial charge in [0.25, 0.3) is 0 Å². The molecule has 0 atom stereocenters. The van der Waals surface area contributed by atoms with E-state index in [0.717, 1.165) is 12.2 Å². The van der Waals surface area contributed by atoms with Gasteiger partial charge in [0, 0.05) is 5.02 Å². The lowest BCUT2D eigenvalue weighted by Crippen LogP contribution is -1.95. The highest BCUT2D eigenvalue weighted by molar-refractivity contribution is 6.36. The van der Waals surface area contributed by atoms with Crippen molar-refractivity contribution in [1.82, 2.24) is 0 Å². The van der Waals surface area contributed by atoms with Gasteiger partial charge >= 0.3 is 0 Å². The van der Waals surface area contributed by atoms with Crippen LogP contribution in [0.4, 0.5) is 4.39 Å². The Bertz CT molecular complexity index is 416. The zero-order valence-corrected chi connectivity index (χ0v) is 9.02. The van der Waals surface area contributed by atoms with Crippen LogP contribution in [0.2, 0.25) is 10.0 Å². The van der Waals surface area contributed by atoms with Crippen LogP contribution in [-0.2, 0) is 0 Å². The molecule has 0 aliphatic rings. The topological polar surface area (TPSA) is 37.3 Å². The number of allylic oxidation sites excluding steroid dienone is 2. The van der Waals surface area contributed by atoms with E-state index in [1.54, 1.807) is 0 Å². The van der Waals surface area contributed by atoms with Crippen LogP contribution in [0.3, 0.4) is 0 Å². The Morgan fingerprint density at radius 2 is 2.13 bits per heavy atom. The molecule has 0 saturated carbocycles. The predicted octanol–water partition coefficient (Wildman–Crippen LogP) is 3.41. The number of alkyl halides is 1. The van der Waals surface area contributed by atoms with Gasteiger partial charge in [-0.3, -0.25) is 4.79 Å².